The van der Waals surface area contributed by atoms with E-state index in [9.17, 15) is 4.79 Å². The van der Waals surface area contributed by atoms with Crippen LogP contribution in [0.1, 0.15) is 24.8 Å². The number of piperidine rings is 1. The van der Waals surface area contributed by atoms with Crippen molar-refractivity contribution in [2.75, 3.05) is 27.2 Å². The van der Waals surface area contributed by atoms with E-state index in [1.807, 2.05) is 24.3 Å². The molecule has 1 saturated heterocycles. The van der Waals surface area contributed by atoms with Gasteiger partial charge in [-0.1, -0.05) is 23.7 Å². The molecule has 1 amide bonds. The van der Waals surface area contributed by atoms with Gasteiger partial charge in [-0.25, -0.2) is 0 Å². The molecular formula is C17H26ClIN4O. The molecule has 7 heteroatoms. The van der Waals surface area contributed by atoms with E-state index >= 15 is 0 Å². The number of rotatable bonds is 4. The summed E-state index contributed by atoms with van der Waals surface area (Å²) in [6, 6.07) is 7.81. The summed E-state index contributed by atoms with van der Waals surface area (Å²) in [5.41, 5.74) is 1.17. The molecule has 0 aliphatic carbocycles. The lowest BCUT2D eigenvalue weighted by Crippen LogP contribution is -2.45. The number of aliphatic imine (C=N–C) groups is 1. The zero-order valence-corrected chi connectivity index (χ0v) is 17.3. The van der Waals surface area contributed by atoms with E-state index in [2.05, 4.69) is 20.5 Å². The van der Waals surface area contributed by atoms with Crippen molar-refractivity contribution in [2.24, 2.45) is 10.9 Å². The van der Waals surface area contributed by atoms with Gasteiger partial charge in [-0.2, -0.15) is 0 Å². The average Bonchev–Trinajstić information content (AvgIpc) is 2.58. The summed E-state index contributed by atoms with van der Waals surface area (Å²) in [6.45, 7) is 2.59. The first kappa shape index (κ1) is 21.0. The van der Waals surface area contributed by atoms with Gasteiger partial charge in [0.05, 0.1) is 0 Å². The van der Waals surface area contributed by atoms with Gasteiger partial charge < -0.3 is 15.5 Å². The van der Waals surface area contributed by atoms with Crippen LogP contribution in [0.15, 0.2) is 29.3 Å². The Hall–Kier alpha value is -1.02. The van der Waals surface area contributed by atoms with E-state index in [1.165, 1.54) is 5.56 Å². The third-order valence-electron chi connectivity index (χ3n) is 4.24. The zero-order valence-electron chi connectivity index (χ0n) is 14.2. The molecule has 0 aromatic heterocycles. The van der Waals surface area contributed by atoms with Gasteiger partial charge in [-0.05, 0) is 36.5 Å². The summed E-state index contributed by atoms with van der Waals surface area (Å²) in [4.78, 5) is 18.1. The van der Waals surface area contributed by atoms with E-state index < -0.39 is 0 Å². The fraction of sp³-hybridized carbons (Fsp3) is 0.529. The highest BCUT2D eigenvalue weighted by atomic mass is 127. The summed E-state index contributed by atoms with van der Waals surface area (Å²) < 4.78 is 0. The molecule has 0 unspecified atom stereocenters. The summed E-state index contributed by atoms with van der Waals surface area (Å²) in [5.74, 6) is 1.52. The zero-order chi connectivity index (χ0) is 16.7. The second-order valence-corrected chi connectivity index (χ2v) is 6.27. The van der Waals surface area contributed by atoms with Crippen molar-refractivity contribution in [3.05, 3.63) is 34.9 Å². The van der Waals surface area contributed by atoms with Crippen LogP contribution in [0.25, 0.3) is 0 Å². The lowest BCUT2D eigenvalue weighted by atomic mass is 9.93. The molecule has 0 saturated carbocycles. The van der Waals surface area contributed by atoms with Crippen molar-refractivity contribution in [2.45, 2.75) is 25.8 Å². The average molecular weight is 465 g/mol. The van der Waals surface area contributed by atoms with Crippen LogP contribution in [-0.2, 0) is 11.3 Å². The van der Waals surface area contributed by atoms with Gasteiger partial charge in [0, 0.05) is 45.2 Å². The van der Waals surface area contributed by atoms with Crippen LogP contribution in [-0.4, -0.2) is 44.0 Å². The monoisotopic (exact) mass is 464 g/mol. The van der Waals surface area contributed by atoms with Crippen molar-refractivity contribution in [1.29, 1.82) is 0 Å². The number of carbonyl (C=O) groups is 1. The van der Waals surface area contributed by atoms with E-state index in [0.717, 1.165) is 43.5 Å². The van der Waals surface area contributed by atoms with Gasteiger partial charge in [0.1, 0.15) is 0 Å². The molecule has 0 bridgehead atoms. The first-order chi connectivity index (χ1) is 11.1. The standard InChI is InChI=1S/C17H25ClN4O.HI/c1-19-16(23)11-13-7-9-22(10-8-13)17(20-2)21-12-14-3-5-15(18)6-4-14;/h3-6,13H,7-12H2,1-2H3,(H,19,23)(H,20,21);1H. The quantitative estimate of drug-likeness (QED) is 0.409. The molecule has 1 heterocycles. The van der Waals surface area contributed by atoms with Crippen molar-refractivity contribution in [3.63, 3.8) is 0 Å². The fourth-order valence-electron chi connectivity index (χ4n) is 2.83. The molecule has 1 aliphatic rings. The van der Waals surface area contributed by atoms with Gasteiger partial charge in [0.15, 0.2) is 5.96 Å². The molecule has 2 N–H and O–H groups in total. The Morgan fingerprint density at radius 2 is 1.92 bits per heavy atom. The third-order valence-corrected chi connectivity index (χ3v) is 4.49. The summed E-state index contributed by atoms with van der Waals surface area (Å²) in [7, 11) is 3.50. The van der Waals surface area contributed by atoms with Crippen LogP contribution in [0.3, 0.4) is 0 Å². The number of nitrogens with zero attached hydrogens (tertiary/aromatic N) is 2. The fourth-order valence-corrected chi connectivity index (χ4v) is 2.95. The highest BCUT2D eigenvalue weighted by molar-refractivity contribution is 14.0. The second kappa shape index (κ2) is 10.8. The number of carbonyl (C=O) groups excluding carboxylic acids is 1. The molecule has 1 fully saturated rings. The molecule has 0 radical (unpaired) electrons. The SMILES string of the molecule is CN=C(NCc1ccc(Cl)cc1)N1CCC(CC(=O)NC)CC1.I. The first-order valence-electron chi connectivity index (χ1n) is 8.03. The maximum Gasteiger partial charge on any atom is 0.220 e. The number of halogens is 2. The molecule has 1 aromatic carbocycles. The molecule has 5 nitrogen and oxygen atoms in total. The van der Waals surface area contributed by atoms with Crippen molar-refractivity contribution >= 4 is 47.4 Å². The Kier molecular flexibility index (Phi) is 9.43. The molecule has 2 rings (SSSR count). The third kappa shape index (κ3) is 6.47. The van der Waals surface area contributed by atoms with E-state index in [4.69, 9.17) is 11.6 Å². The maximum atomic E-state index is 11.5. The number of amides is 1. The Labute approximate surface area is 166 Å². The second-order valence-electron chi connectivity index (χ2n) is 5.83. The van der Waals surface area contributed by atoms with Gasteiger partial charge in [0.25, 0.3) is 0 Å². The van der Waals surface area contributed by atoms with Crippen LogP contribution < -0.4 is 10.6 Å². The maximum absolute atomic E-state index is 11.5. The predicted molar refractivity (Wildman–Crippen MR) is 110 cm³/mol. The number of guanidine groups is 1. The van der Waals surface area contributed by atoms with Gasteiger partial charge in [0.2, 0.25) is 5.91 Å². The number of nitrogens with one attached hydrogen (secondary N) is 2. The minimum absolute atomic E-state index is 0. The Balaban J connectivity index is 0.00000288. The van der Waals surface area contributed by atoms with E-state index in [0.29, 0.717) is 12.3 Å². The van der Waals surface area contributed by atoms with E-state index in [-0.39, 0.29) is 29.9 Å². The number of likely N-dealkylation sites (tertiary alicyclic amines) is 1. The van der Waals surface area contributed by atoms with E-state index in [1.54, 1.807) is 14.1 Å². The highest BCUT2D eigenvalue weighted by Gasteiger charge is 2.22. The lowest BCUT2D eigenvalue weighted by molar-refractivity contribution is -0.121. The van der Waals surface area contributed by atoms with Crippen LogP contribution >= 0.6 is 35.6 Å². The molecular weight excluding hydrogens is 439 g/mol. The Morgan fingerprint density at radius 1 is 1.29 bits per heavy atom. The van der Waals surface area contributed by atoms with Crippen molar-refractivity contribution < 1.29 is 4.79 Å². The molecule has 134 valence electrons. The van der Waals surface area contributed by atoms with Crippen LogP contribution in [0.4, 0.5) is 0 Å². The summed E-state index contributed by atoms with van der Waals surface area (Å²) in [5, 5.41) is 6.84. The first-order valence-corrected chi connectivity index (χ1v) is 8.40. The minimum Gasteiger partial charge on any atom is -0.359 e. The predicted octanol–water partition coefficient (Wildman–Crippen LogP) is 2.88. The highest BCUT2D eigenvalue weighted by Crippen LogP contribution is 2.20. The molecule has 1 aromatic rings. The Morgan fingerprint density at radius 3 is 2.46 bits per heavy atom. The number of hydrogen-bond donors (Lipinski definition) is 2. The topological polar surface area (TPSA) is 56.7 Å². The smallest absolute Gasteiger partial charge is 0.220 e. The Bertz CT molecular complexity index is 542. The number of hydrogen-bond acceptors (Lipinski definition) is 2. The normalized spacial score (nSPS) is 15.6. The molecule has 0 spiro atoms. The molecule has 24 heavy (non-hydrogen) atoms. The molecule has 1 aliphatic heterocycles. The van der Waals surface area contributed by atoms with Crippen LogP contribution in [0, 0.1) is 5.92 Å². The summed E-state index contributed by atoms with van der Waals surface area (Å²) in [6.07, 6.45) is 2.67. The van der Waals surface area contributed by atoms with Crippen LogP contribution in [0.2, 0.25) is 5.02 Å². The molecule has 0 atom stereocenters. The van der Waals surface area contributed by atoms with Crippen molar-refractivity contribution in [3.8, 4) is 0 Å². The van der Waals surface area contributed by atoms with Gasteiger partial charge in [-0.15, -0.1) is 24.0 Å². The minimum atomic E-state index is 0. The van der Waals surface area contributed by atoms with Gasteiger partial charge in [-0.3, -0.25) is 9.79 Å². The van der Waals surface area contributed by atoms with Gasteiger partial charge >= 0.3 is 0 Å². The largest absolute Gasteiger partial charge is 0.359 e. The lowest BCUT2D eigenvalue weighted by Gasteiger charge is -2.34. The number of benzene rings is 1. The van der Waals surface area contributed by atoms with Crippen molar-refractivity contribution in [1.82, 2.24) is 15.5 Å². The summed E-state index contributed by atoms with van der Waals surface area (Å²) >= 11 is 5.90. The van der Waals surface area contributed by atoms with Crippen LogP contribution in [0.5, 0.6) is 0 Å².